The molecule has 1 amide bonds. The Morgan fingerprint density at radius 3 is 2.39 bits per heavy atom. The van der Waals surface area contributed by atoms with Crippen LogP contribution in [0, 0.1) is 18.3 Å². The number of amides is 1. The van der Waals surface area contributed by atoms with Crippen LogP contribution in [0.2, 0.25) is 0 Å². The van der Waals surface area contributed by atoms with Crippen LogP contribution in [0.25, 0.3) is 0 Å². The van der Waals surface area contributed by atoms with Gasteiger partial charge in [0.2, 0.25) is 5.91 Å². The highest BCUT2D eigenvalue weighted by Gasteiger charge is 2.14. The third-order valence-electron chi connectivity index (χ3n) is 2.52. The standard InChI is InChI=1S/C13H24N2O3/c1-2-3-4-5-12(13(15)16)6-8-17-10-11-18-9-7-14/h1,12H,3-11,14H2,(H2,15,16). The summed E-state index contributed by atoms with van der Waals surface area (Å²) in [6.45, 7) is 2.60. The van der Waals surface area contributed by atoms with Gasteiger partial charge in [0.1, 0.15) is 0 Å². The Morgan fingerprint density at radius 2 is 1.83 bits per heavy atom. The molecule has 0 aromatic rings. The van der Waals surface area contributed by atoms with E-state index in [0.29, 0.717) is 45.8 Å². The molecule has 18 heavy (non-hydrogen) atoms. The zero-order valence-electron chi connectivity index (χ0n) is 10.9. The van der Waals surface area contributed by atoms with E-state index in [0.717, 1.165) is 12.8 Å². The minimum absolute atomic E-state index is 0.150. The normalized spacial score (nSPS) is 12.0. The predicted octanol–water partition coefficient (Wildman–Crippen LogP) is 0.273. The Balaban J connectivity index is 3.52. The van der Waals surface area contributed by atoms with Crippen LogP contribution in [-0.4, -0.2) is 38.9 Å². The summed E-state index contributed by atoms with van der Waals surface area (Å²) in [5.41, 5.74) is 10.6. The van der Waals surface area contributed by atoms with Crippen LogP contribution in [-0.2, 0) is 14.3 Å². The van der Waals surface area contributed by atoms with Crippen LogP contribution in [0.1, 0.15) is 25.7 Å². The van der Waals surface area contributed by atoms with Crippen LogP contribution >= 0.6 is 0 Å². The van der Waals surface area contributed by atoms with E-state index in [9.17, 15) is 4.79 Å². The van der Waals surface area contributed by atoms with Gasteiger partial charge in [-0.1, -0.05) is 0 Å². The van der Waals surface area contributed by atoms with Crippen molar-refractivity contribution in [2.45, 2.75) is 25.7 Å². The molecule has 0 heterocycles. The lowest BCUT2D eigenvalue weighted by Gasteiger charge is -2.12. The lowest BCUT2D eigenvalue weighted by molar-refractivity contribution is -0.122. The van der Waals surface area contributed by atoms with Crippen molar-refractivity contribution < 1.29 is 14.3 Å². The largest absolute Gasteiger partial charge is 0.379 e. The van der Waals surface area contributed by atoms with E-state index >= 15 is 0 Å². The fraction of sp³-hybridized carbons (Fsp3) is 0.769. The van der Waals surface area contributed by atoms with Gasteiger partial charge in [-0.3, -0.25) is 4.79 Å². The highest BCUT2D eigenvalue weighted by molar-refractivity contribution is 5.76. The molecular formula is C13H24N2O3. The molecule has 0 rings (SSSR count). The van der Waals surface area contributed by atoms with Gasteiger partial charge in [-0.05, 0) is 19.3 Å². The molecule has 1 atom stereocenters. The molecular weight excluding hydrogens is 232 g/mol. The summed E-state index contributed by atoms with van der Waals surface area (Å²) in [6.07, 6.45) is 8.02. The first kappa shape index (κ1) is 16.9. The molecule has 0 saturated carbocycles. The van der Waals surface area contributed by atoms with Gasteiger partial charge in [-0.2, -0.15) is 0 Å². The molecule has 0 saturated heterocycles. The van der Waals surface area contributed by atoms with Crippen molar-refractivity contribution in [1.82, 2.24) is 0 Å². The van der Waals surface area contributed by atoms with Crippen molar-refractivity contribution in [3.05, 3.63) is 0 Å². The van der Waals surface area contributed by atoms with E-state index in [2.05, 4.69) is 5.92 Å². The number of carbonyl (C=O) groups excluding carboxylic acids is 1. The van der Waals surface area contributed by atoms with Crippen molar-refractivity contribution in [3.8, 4) is 12.3 Å². The Bertz CT molecular complexity index is 251. The maximum atomic E-state index is 11.2. The number of rotatable bonds is 12. The molecule has 5 heteroatoms. The average molecular weight is 256 g/mol. The molecule has 0 spiro atoms. The lowest BCUT2D eigenvalue weighted by Crippen LogP contribution is -2.24. The number of nitrogens with two attached hydrogens (primary N) is 2. The van der Waals surface area contributed by atoms with E-state index < -0.39 is 0 Å². The topological polar surface area (TPSA) is 87.6 Å². The zero-order chi connectivity index (χ0) is 13.6. The molecule has 0 radical (unpaired) electrons. The van der Waals surface area contributed by atoms with Crippen LogP contribution in [0.15, 0.2) is 0 Å². The summed E-state index contributed by atoms with van der Waals surface area (Å²) in [5.74, 6) is 2.12. The third-order valence-corrected chi connectivity index (χ3v) is 2.52. The summed E-state index contributed by atoms with van der Waals surface area (Å²) < 4.78 is 10.5. The predicted molar refractivity (Wildman–Crippen MR) is 70.7 cm³/mol. The van der Waals surface area contributed by atoms with E-state index in [-0.39, 0.29) is 11.8 Å². The molecule has 0 aliphatic carbocycles. The Kier molecular flexibility index (Phi) is 11.6. The van der Waals surface area contributed by atoms with Crippen molar-refractivity contribution in [1.29, 1.82) is 0 Å². The first-order valence-corrected chi connectivity index (χ1v) is 6.30. The van der Waals surface area contributed by atoms with Crippen LogP contribution < -0.4 is 11.5 Å². The van der Waals surface area contributed by atoms with Gasteiger partial charge in [0, 0.05) is 25.5 Å². The quantitative estimate of drug-likeness (QED) is 0.387. The summed E-state index contributed by atoms with van der Waals surface area (Å²) >= 11 is 0. The number of hydrogen-bond acceptors (Lipinski definition) is 4. The Labute approximate surface area is 109 Å². The van der Waals surface area contributed by atoms with Gasteiger partial charge >= 0.3 is 0 Å². The first-order chi connectivity index (χ1) is 8.72. The Hall–Kier alpha value is -1.09. The van der Waals surface area contributed by atoms with Crippen molar-refractivity contribution in [3.63, 3.8) is 0 Å². The highest BCUT2D eigenvalue weighted by atomic mass is 16.5. The number of hydrogen-bond donors (Lipinski definition) is 2. The maximum Gasteiger partial charge on any atom is 0.220 e. The van der Waals surface area contributed by atoms with E-state index in [4.69, 9.17) is 27.4 Å². The monoisotopic (exact) mass is 256 g/mol. The van der Waals surface area contributed by atoms with E-state index in [1.54, 1.807) is 0 Å². The molecule has 0 aliphatic rings. The molecule has 5 nitrogen and oxygen atoms in total. The van der Waals surface area contributed by atoms with Gasteiger partial charge in [0.15, 0.2) is 0 Å². The van der Waals surface area contributed by atoms with Gasteiger partial charge in [-0.25, -0.2) is 0 Å². The molecule has 0 aliphatic heterocycles. The van der Waals surface area contributed by atoms with Crippen molar-refractivity contribution in [2.75, 3.05) is 33.0 Å². The van der Waals surface area contributed by atoms with E-state index in [1.807, 2.05) is 0 Å². The fourth-order valence-corrected chi connectivity index (χ4v) is 1.51. The van der Waals surface area contributed by atoms with Gasteiger partial charge in [0.25, 0.3) is 0 Å². The summed E-state index contributed by atoms with van der Waals surface area (Å²) in [6, 6.07) is 0. The SMILES string of the molecule is C#CCCCC(CCOCCOCCN)C(N)=O. The molecule has 0 aromatic heterocycles. The second-order valence-electron chi connectivity index (χ2n) is 4.00. The molecule has 0 fully saturated rings. The number of ether oxygens (including phenoxy) is 2. The van der Waals surface area contributed by atoms with Crippen LogP contribution in [0.3, 0.4) is 0 Å². The van der Waals surface area contributed by atoms with Crippen molar-refractivity contribution in [2.24, 2.45) is 17.4 Å². The van der Waals surface area contributed by atoms with Gasteiger partial charge in [-0.15, -0.1) is 12.3 Å². The van der Waals surface area contributed by atoms with Crippen LogP contribution in [0.4, 0.5) is 0 Å². The summed E-state index contributed by atoms with van der Waals surface area (Å²) in [5, 5.41) is 0. The Morgan fingerprint density at radius 1 is 1.17 bits per heavy atom. The number of carbonyl (C=O) groups is 1. The highest BCUT2D eigenvalue weighted by Crippen LogP contribution is 2.12. The second-order valence-corrected chi connectivity index (χ2v) is 4.00. The number of primary amides is 1. The number of terminal acetylenes is 1. The first-order valence-electron chi connectivity index (χ1n) is 6.30. The molecule has 104 valence electrons. The number of unbranched alkanes of at least 4 members (excludes halogenated alkanes) is 1. The average Bonchev–Trinajstić information content (AvgIpc) is 2.35. The van der Waals surface area contributed by atoms with Gasteiger partial charge in [0.05, 0.1) is 19.8 Å². The molecule has 4 N–H and O–H groups in total. The molecule has 0 aromatic carbocycles. The maximum absolute atomic E-state index is 11.2. The third kappa shape index (κ3) is 10.1. The second kappa shape index (κ2) is 12.4. The molecule has 0 bridgehead atoms. The van der Waals surface area contributed by atoms with Crippen molar-refractivity contribution >= 4 is 5.91 Å². The lowest BCUT2D eigenvalue weighted by atomic mass is 9.98. The molecule has 1 unspecified atom stereocenters. The minimum Gasteiger partial charge on any atom is -0.379 e. The van der Waals surface area contributed by atoms with Crippen LogP contribution in [0.5, 0.6) is 0 Å². The van der Waals surface area contributed by atoms with Gasteiger partial charge < -0.3 is 20.9 Å². The van der Waals surface area contributed by atoms with E-state index in [1.165, 1.54) is 0 Å². The summed E-state index contributed by atoms with van der Waals surface area (Å²) in [7, 11) is 0. The smallest absolute Gasteiger partial charge is 0.220 e. The minimum atomic E-state index is -0.282. The summed E-state index contributed by atoms with van der Waals surface area (Å²) in [4.78, 5) is 11.2. The fourth-order valence-electron chi connectivity index (χ4n) is 1.51. The zero-order valence-corrected chi connectivity index (χ0v) is 10.9.